The minimum absolute atomic E-state index is 0.270. The van der Waals surface area contributed by atoms with Crippen LogP contribution in [0, 0.1) is 0 Å². The van der Waals surface area contributed by atoms with Crippen LogP contribution in [0.15, 0.2) is 11.2 Å². The number of hydrogen-bond acceptors (Lipinski definition) is 5. The van der Waals surface area contributed by atoms with Crippen LogP contribution in [-0.4, -0.2) is 28.3 Å². The summed E-state index contributed by atoms with van der Waals surface area (Å²) in [6.07, 6.45) is 8.09. The van der Waals surface area contributed by atoms with Crippen LogP contribution in [0.4, 0.5) is 11.6 Å². The summed E-state index contributed by atoms with van der Waals surface area (Å²) in [4.78, 5) is 9.07. The lowest BCUT2D eigenvalue weighted by Gasteiger charge is -2.42. The first-order chi connectivity index (χ1) is 9.21. The van der Waals surface area contributed by atoms with Crippen molar-refractivity contribution >= 4 is 23.4 Å². The quantitative estimate of drug-likeness (QED) is 0.588. The van der Waals surface area contributed by atoms with Crippen molar-refractivity contribution in [2.45, 2.75) is 56.6 Å². The molecule has 1 aliphatic carbocycles. The zero-order chi connectivity index (χ0) is 13.7. The molecule has 1 aromatic rings. The van der Waals surface area contributed by atoms with E-state index in [0.717, 1.165) is 36.2 Å². The lowest BCUT2D eigenvalue weighted by atomic mass is 9.75. The van der Waals surface area contributed by atoms with E-state index in [1.807, 2.05) is 12.3 Å². The van der Waals surface area contributed by atoms with Crippen LogP contribution in [0.5, 0.6) is 0 Å². The predicted octanol–water partition coefficient (Wildman–Crippen LogP) is 3.77. The van der Waals surface area contributed by atoms with E-state index in [4.69, 9.17) is 0 Å². The number of nitrogens with one attached hydrogen (secondary N) is 2. The Bertz CT molecular complexity index is 412. The molecule has 0 saturated heterocycles. The van der Waals surface area contributed by atoms with E-state index in [2.05, 4.69) is 34.4 Å². The highest BCUT2D eigenvalue weighted by atomic mass is 32.2. The van der Waals surface area contributed by atoms with E-state index >= 15 is 0 Å². The molecule has 0 aromatic carbocycles. The fourth-order valence-corrected chi connectivity index (χ4v) is 2.75. The van der Waals surface area contributed by atoms with Gasteiger partial charge in [0.1, 0.15) is 11.6 Å². The van der Waals surface area contributed by atoms with Gasteiger partial charge in [-0.1, -0.05) is 25.6 Å². The molecule has 1 aliphatic rings. The Labute approximate surface area is 120 Å². The SMILES string of the molecule is CCCNc1cc(NC2(CC)CCC2)nc(SC)n1. The molecule has 0 spiro atoms. The molecule has 1 heterocycles. The van der Waals surface area contributed by atoms with E-state index in [1.54, 1.807) is 11.8 Å². The second-order valence-corrected chi connectivity index (χ2v) is 5.94. The highest BCUT2D eigenvalue weighted by molar-refractivity contribution is 7.98. The van der Waals surface area contributed by atoms with E-state index in [9.17, 15) is 0 Å². The predicted molar refractivity (Wildman–Crippen MR) is 83.1 cm³/mol. The van der Waals surface area contributed by atoms with Crippen LogP contribution in [0.1, 0.15) is 46.0 Å². The molecule has 1 fully saturated rings. The molecule has 0 bridgehead atoms. The largest absolute Gasteiger partial charge is 0.370 e. The first kappa shape index (κ1) is 14.4. The van der Waals surface area contributed by atoms with Crippen molar-refractivity contribution in [3.05, 3.63) is 6.07 Å². The lowest BCUT2D eigenvalue weighted by molar-refractivity contribution is 0.268. The summed E-state index contributed by atoms with van der Waals surface area (Å²) in [6, 6.07) is 2.03. The zero-order valence-electron chi connectivity index (χ0n) is 12.1. The van der Waals surface area contributed by atoms with Gasteiger partial charge in [0.05, 0.1) is 0 Å². The molecule has 0 radical (unpaired) electrons. The molecule has 5 heteroatoms. The van der Waals surface area contributed by atoms with Crippen molar-refractivity contribution in [2.24, 2.45) is 0 Å². The maximum Gasteiger partial charge on any atom is 0.191 e. The second-order valence-electron chi connectivity index (χ2n) is 5.16. The van der Waals surface area contributed by atoms with Crippen LogP contribution in [0.25, 0.3) is 0 Å². The number of rotatable bonds is 7. The summed E-state index contributed by atoms with van der Waals surface area (Å²) < 4.78 is 0. The highest BCUT2D eigenvalue weighted by Crippen LogP contribution is 2.37. The second kappa shape index (κ2) is 6.46. The van der Waals surface area contributed by atoms with Gasteiger partial charge in [0.2, 0.25) is 0 Å². The Morgan fingerprint density at radius 1 is 1.26 bits per heavy atom. The Kier molecular flexibility index (Phi) is 4.91. The van der Waals surface area contributed by atoms with Crippen LogP contribution >= 0.6 is 11.8 Å². The normalized spacial score (nSPS) is 16.8. The van der Waals surface area contributed by atoms with Gasteiger partial charge in [-0.2, -0.15) is 0 Å². The lowest BCUT2D eigenvalue weighted by Crippen LogP contribution is -2.44. The number of thioether (sulfide) groups is 1. The fraction of sp³-hybridized carbons (Fsp3) is 0.714. The van der Waals surface area contributed by atoms with Crippen molar-refractivity contribution in [2.75, 3.05) is 23.4 Å². The van der Waals surface area contributed by atoms with Crippen LogP contribution in [0.2, 0.25) is 0 Å². The van der Waals surface area contributed by atoms with E-state index in [0.29, 0.717) is 0 Å². The smallest absolute Gasteiger partial charge is 0.191 e. The Hall–Kier alpha value is -0.970. The monoisotopic (exact) mass is 280 g/mol. The molecule has 4 nitrogen and oxygen atoms in total. The van der Waals surface area contributed by atoms with Crippen molar-refractivity contribution in [1.82, 2.24) is 9.97 Å². The first-order valence-corrected chi connectivity index (χ1v) is 8.39. The van der Waals surface area contributed by atoms with Gasteiger partial charge in [0.25, 0.3) is 0 Å². The van der Waals surface area contributed by atoms with Gasteiger partial charge in [-0.25, -0.2) is 9.97 Å². The Morgan fingerprint density at radius 2 is 2.00 bits per heavy atom. The maximum absolute atomic E-state index is 4.58. The molecule has 2 N–H and O–H groups in total. The minimum Gasteiger partial charge on any atom is -0.370 e. The summed E-state index contributed by atoms with van der Waals surface area (Å²) in [5, 5.41) is 7.80. The van der Waals surface area contributed by atoms with Gasteiger partial charge in [-0.3, -0.25) is 0 Å². The van der Waals surface area contributed by atoms with Crippen LogP contribution in [-0.2, 0) is 0 Å². The third-order valence-corrected chi connectivity index (χ3v) is 4.37. The van der Waals surface area contributed by atoms with Crippen LogP contribution < -0.4 is 10.6 Å². The van der Waals surface area contributed by atoms with Gasteiger partial charge in [0, 0.05) is 18.2 Å². The minimum atomic E-state index is 0.270. The summed E-state index contributed by atoms with van der Waals surface area (Å²) in [5.74, 6) is 1.88. The standard InChI is InChI=1S/C14H24N4S/c1-4-9-15-11-10-12(17-13(16-11)19-3)18-14(5-2)7-6-8-14/h10H,4-9H2,1-3H3,(H2,15,16,17,18). The third kappa shape index (κ3) is 3.53. The number of hydrogen-bond donors (Lipinski definition) is 2. The summed E-state index contributed by atoms with van der Waals surface area (Å²) in [6.45, 7) is 5.35. The van der Waals surface area contributed by atoms with Gasteiger partial charge < -0.3 is 10.6 Å². The molecular formula is C14H24N4S. The summed E-state index contributed by atoms with van der Waals surface area (Å²) in [7, 11) is 0. The Morgan fingerprint density at radius 3 is 2.53 bits per heavy atom. The molecule has 0 aliphatic heterocycles. The average Bonchev–Trinajstić information content (AvgIpc) is 2.40. The fourth-order valence-electron chi connectivity index (χ4n) is 2.37. The van der Waals surface area contributed by atoms with Gasteiger partial charge >= 0.3 is 0 Å². The molecule has 0 amide bonds. The topological polar surface area (TPSA) is 49.8 Å². The van der Waals surface area contributed by atoms with Crippen LogP contribution in [0.3, 0.4) is 0 Å². The molecular weight excluding hydrogens is 256 g/mol. The third-order valence-electron chi connectivity index (χ3n) is 3.82. The number of aromatic nitrogens is 2. The highest BCUT2D eigenvalue weighted by Gasteiger charge is 2.35. The molecule has 106 valence electrons. The summed E-state index contributed by atoms with van der Waals surface area (Å²) >= 11 is 1.59. The van der Waals surface area contributed by atoms with Gasteiger partial charge in [0.15, 0.2) is 5.16 Å². The number of anilines is 2. The van der Waals surface area contributed by atoms with Gasteiger partial charge in [-0.15, -0.1) is 0 Å². The molecule has 1 saturated carbocycles. The molecule has 0 unspecified atom stereocenters. The molecule has 19 heavy (non-hydrogen) atoms. The van der Waals surface area contributed by atoms with Crippen molar-refractivity contribution in [3.63, 3.8) is 0 Å². The van der Waals surface area contributed by atoms with E-state index in [-0.39, 0.29) is 5.54 Å². The van der Waals surface area contributed by atoms with Gasteiger partial charge in [-0.05, 0) is 38.4 Å². The van der Waals surface area contributed by atoms with Crippen molar-refractivity contribution in [3.8, 4) is 0 Å². The van der Waals surface area contributed by atoms with E-state index < -0.39 is 0 Å². The molecule has 1 aromatic heterocycles. The molecule has 2 rings (SSSR count). The maximum atomic E-state index is 4.58. The number of nitrogens with zero attached hydrogens (tertiary/aromatic N) is 2. The Balaban J connectivity index is 2.14. The first-order valence-electron chi connectivity index (χ1n) is 7.16. The van der Waals surface area contributed by atoms with E-state index in [1.165, 1.54) is 19.3 Å². The zero-order valence-corrected chi connectivity index (χ0v) is 12.9. The average molecular weight is 280 g/mol. The van der Waals surface area contributed by atoms with Crippen molar-refractivity contribution in [1.29, 1.82) is 0 Å². The molecule has 0 atom stereocenters. The van der Waals surface area contributed by atoms with Crippen molar-refractivity contribution < 1.29 is 0 Å². The summed E-state index contributed by atoms with van der Waals surface area (Å²) in [5.41, 5.74) is 0.270.